The number of nitrogens with zero attached hydrogens (tertiary/aromatic N) is 2. The van der Waals surface area contributed by atoms with Crippen molar-refractivity contribution in [2.45, 2.75) is 26.3 Å². The monoisotopic (exact) mass is 256 g/mol. The largest absolute Gasteiger partial charge is 0.468 e. The lowest BCUT2D eigenvalue weighted by Crippen LogP contribution is -2.33. The van der Waals surface area contributed by atoms with Gasteiger partial charge in [0.15, 0.2) is 0 Å². The van der Waals surface area contributed by atoms with E-state index in [4.69, 9.17) is 9.68 Å². The van der Waals surface area contributed by atoms with Crippen molar-refractivity contribution in [3.63, 3.8) is 0 Å². The van der Waals surface area contributed by atoms with Crippen LogP contribution in [-0.2, 0) is 16.6 Å². The van der Waals surface area contributed by atoms with Gasteiger partial charge in [-0.2, -0.15) is 9.57 Å². The normalized spacial score (nSPS) is 11.6. The van der Waals surface area contributed by atoms with E-state index in [-0.39, 0.29) is 25.3 Å². The van der Waals surface area contributed by atoms with Gasteiger partial charge in [0.25, 0.3) is 0 Å². The minimum absolute atomic E-state index is 0.0964. The molecule has 0 bridgehead atoms. The SMILES string of the molecule is CCCS(=O)(=O)N(CCC#N)Cc1ccco1. The van der Waals surface area contributed by atoms with Crippen molar-refractivity contribution >= 4 is 10.0 Å². The predicted molar refractivity (Wildman–Crippen MR) is 63.4 cm³/mol. The molecular formula is C11H16N2O3S. The summed E-state index contributed by atoms with van der Waals surface area (Å²) in [4.78, 5) is 0. The molecule has 0 radical (unpaired) electrons. The molecule has 1 heterocycles. The van der Waals surface area contributed by atoms with Gasteiger partial charge in [0.1, 0.15) is 5.76 Å². The van der Waals surface area contributed by atoms with Crippen LogP contribution in [0.15, 0.2) is 22.8 Å². The van der Waals surface area contributed by atoms with E-state index in [1.165, 1.54) is 10.6 Å². The highest BCUT2D eigenvalue weighted by Gasteiger charge is 2.21. The molecular weight excluding hydrogens is 240 g/mol. The summed E-state index contributed by atoms with van der Waals surface area (Å²) in [6.07, 6.45) is 2.25. The van der Waals surface area contributed by atoms with Gasteiger partial charge in [-0.05, 0) is 18.6 Å². The van der Waals surface area contributed by atoms with Gasteiger partial charge in [0.2, 0.25) is 10.0 Å². The Kier molecular flexibility index (Phi) is 5.19. The van der Waals surface area contributed by atoms with E-state index >= 15 is 0 Å². The molecule has 5 nitrogen and oxygen atoms in total. The minimum atomic E-state index is -3.30. The first kappa shape index (κ1) is 13.7. The van der Waals surface area contributed by atoms with Crippen LogP contribution in [-0.4, -0.2) is 25.0 Å². The fraction of sp³-hybridized carbons (Fsp3) is 0.545. The number of sulfonamides is 1. The summed E-state index contributed by atoms with van der Waals surface area (Å²) < 4.78 is 30.3. The van der Waals surface area contributed by atoms with Gasteiger partial charge in [-0.3, -0.25) is 0 Å². The summed E-state index contributed by atoms with van der Waals surface area (Å²) in [7, 11) is -3.30. The molecule has 0 aliphatic rings. The molecule has 0 aromatic carbocycles. The number of rotatable bonds is 7. The number of hydrogen-bond donors (Lipinski definition) is 0. The molecule has 1 aromatic rings. The third-order valence-corrected chi connectivity index (χ3v) is 4.26. The van der Waals surface area contributed by atoms with Gasteiger partial charge in [0, 0.05) is 13.0 Å². The Hall–Kier alpha value is -1.32. The average molecular weight is 256 g/mol. The fourth-order valence-electron chi connectivity index (χ4n) is 1.45. The van der Waals surface area contributed by atoms with Crippen molar-refractivity contribution < 1.29 is 12.8 Å². The fourth-order valence-corrected chi connectivity index (χ4v) is 2.92. The van der Waals surface area contributed by atoms with Crippen LogP contribution < -0.4 is 0 Å². The molecule has 1 aromatic heterocycles. The average Bonchev–Trinajstić information content (AvgIpc) is 2.76. The quantitative estimate of drug-likeness (QED) is 0.744. The zero-order valence-corrected chi connectivity index (χ0v) is 10.6. The molecule has 0 aliphatic heterocycles. The molecule has 0 amide bonds. The Labute approximate surface area is 102 Å². The minimum Gasteiger partial charge on any atom is -0.468 e. The van der Waals surface area contributed by atoms with Crippen molar-refractivity contribution in [1.82, 2.24) is 4.31 Å². The van der Waals surface area contributed by atoms with Crippen LogP contribution in [0.3, 0.4) is 0 Å². The lowest BCUT2D eigenvalue weighted by molar-refractivity contribution is 0.368. The maximum atomic E-state index is 11.9. The lowest BCUT2D eigenvalue weighted by Gasteiger charge is -2.19. The second kappa shape index (κ2) is 6.42. The maximum absolute atomic E-state index is 11.9. The second-order valence-corrected chi connectivity index (χ2v) is 5.73. The first-order valence-corrected chi connectivity index (χ1v) is 7.08. The zero-order valence-electron chi connectivity index (χ0n) is 9.80. The molecule has 17 heavy (non-hydrogen) atoms. The molecule has 1 rings (SSSR count). The summed E-state index contributed by atoms with van der Waals surface area (Å²) in [6, 6.07) is 5.39. The van der Waals surface area contributed by atoms with Crippen molar-refractivity contribution in [3.05, 3.63) is 24.2 Å². The highest BCUT2D eigenvalue weighted by Crippen LogP contribution is 2.11. The van der Waals surface area contributed by atoms with Crippen LogP contribution in [0.4, 0.5) is 0 Å². The predicted octanol–water partition coefficient (Wildman–Crippen LogP) is 1.74. The van der Waals surface area contributed by atoms with E-state index in [0.717, 1.165) is 0 Å². The first-order valence-electron chi connectivity index (χ1n) is 5.47. The summed E-state index contributed by atoms with van der Waals surface area (Å²) in [5, 5.41) is 8.54. The van der Waals surface area contributed by atoms with Crippen molar-refractivity contribution in [3.8, 4) is 6.07 Å². The molecule has 0 saturated carbocycles. The van der Waals surface area contributed by atoms with Crippen LogP contribution in [0.5, 0.6) is 0 Å². The molecule has 6 heteroatoms. The van der Waals surface area contributed by atoms with Gasteiger partial charge in [-0.25, -0.2) is 8.42 Å². The summed E-state index contributed by atoms with van der Waals surface area (Å²) in [5.74, 6) is 0.682. The molecule has 0 aliphatic carbocycles. The van der Waals surface area contributed by atoms with Crippen LogP contribution in [0, 0.1) is 11.3 Å². The number of hydrogen-bond acceptors (Lipinski definition) is 4. The van der Waals surface area contributed by atoms with Crippen molar-refractivity contribution in [2.24, 2.45) is 0 Å². The molecule has 94 valence electrons. The Morgan fingerprint density at radius 1 is 1.53 bits per heavy atom. The molecule has 0 N–H and O–H groups in total. The van der Waals surface area contributed by atoms with E-state index in [1.54, 1.807) is 12.1 Å². The Balaban J connectivity index is 2.77. The highest BCUT2D eigenvalue weighted by atomic mass is 32.2. The van der Waals surface area contributed by atoms with Gasteiger partial charge in [-0.15, -0.1) is 0 Å². The van der Waals surface area contributed by atoms with Crippen LogP contribution >= 0.6 is 0 Å². The first-order chi connectivity index (χ1) is 8.10. The van der Waals surface area contributed by atoms with Gasteiger partial charge >= 0.3 is 0 Å². The zero-order chi connectivity index (χ0) is 12.7. The molecule has 0 spiro atoms. The number of nitriles is 1. The second-order valence-electron chi connectivity index (χ2n) is 3.64. The highest BCUT2D eigenvalue weighted by molar-refractivity contribution is 7.89. The topological polar surface area (TPSA) is 74.3 Å². The summed E-state index contributed by atoms with van der Waals surface area (Å²) in [6.45, 7) is 2.21. The van der Waals surface area contributed by atoms with E-state index in [1.807, 2.05) is 13.0 Å². The van der Waals surface area contributed by atoms with Gasteiger partial charge < -0.3 is 4.42 Å². The van der Waals surface area contributed by atoms with Crippen molar-refractivity contribution in [2.75, 3.05) is 12.3 Å². The van der Waals surface area contributed by atoms with E-state index < -0.39 is 10.0 Å². The maximum Gasteiger partial charge on any atom is 0.214 e. The van der Waals surface area contributed by atoms with Gasteiger partial charge in [-0.1, -0.05) is 6.92 Å². The molecule has 0 saturated heterocycles. The summed E-state index contributed by atoms with van der Waals surface area (Å²) >= 11 is 0. The molecule has 0 atom stereocenters. The van der Waals surface area contributed by atoms with Crippen molar-refractivity contribution in [1.29, 1.82) is 5.26 Å². The third kappa shape index (κ3) is 4.21. The lowest BCUT2D eigenvalue weighted by atomic mass is 10.4. The standard InChI is InChI=1S/C11H16N2O3S/c1-2-9-17(14,15)13(7-4-6-12)10-11-5-3-8-16-11/h3,5,8H,2,4,7,9-10H2,1H3. The van der Waals surface area contributed by atoms with E-state index in [2.05, 4.69) is 0 Å². The van der Waals surface area contributed by atoms with Gasteiger partial charge in [0.05, 0.1) is 24.6 Å². The third-order valence-electron chi connectivity index (χ3n) is 2.24. The van der Waals surface area contributed by atoms with E-state index in [9.17, 15) is 8.42 Å². The molecule has 0 unspecified atom stereocenters. The van der Waals surface area contributed by atoms with Crippen LogP contribution in [0.25, 0.3) is 0 Å². The Bertz CT molecular complexity index is 459. The Morgan fingerprint density at radius 2 is 2.29 bits per heavy atom. The Morgan fingerprint density at radius 3 is 2.82 bits per heavy atom. The van der Waals surface area contributed by atoms with E-state index in [0.29, 0.717) is 12.2 Å². The smallest absolute Gasteiger partial charge is 0.214 e. The summed E-state index contributed by atoms with van der Waals surface area (Å²) in [5.41, 5.74) is 0. The van der Waals surface area contributed by atoms with Crippen LogP contribution in [0.2, 0.25) is 0 Å². The number of furan rings is 1. The van der Waals surface area contributed by atoms with Crippen LogP contribution in [0.1, 0.15) is 25.5 Å². The molecule has 0 fully saturated rings.